The molecule has 102 valence electrons. The van der Waals surface area contributed by atoms with Crippen LogP contribution in [0.1, 0.15) is 59.3 Å². The maximum atomic E-state index is 13.8. The molecule has 1 aliphatic heterocycles. The third-order valence-corrected chi connectivity index (χ3v) is 3.61. The van der Waals surface area contributed by atoms with E-state index in [0.717, 1.165) is 25.9 Å². The van der Waals surface area contributed by atoms with Gasteiger partial charge in [-0.15, -0.1) is 0 Å². The van der Waals surface area contributed by atoms with Gasteiger partial charge in [0.15, 0.2) is 0 Å². The van der Waals surface area contributed by atoms with Gasteiger partial charge in [-0.1, -0.05) is 52.9 Å². The van der Waals surface area contributed by atoms with Crippen LogP contribution in [0.3, 0.4) is 0 Å². The number of epoxide rings is 1. The lowest BCUT2D eigenvalue weighted by molar-refractivity contribution is 0.186. The van der Waals surface area contributed by atoms with Crippen LogP contribution in [0.2, 0.25) is 0 Å². The highest BCUT2D eigenvalue weighted by molar-refractivity contribution is 4.90. The molecule has 1 heterocycles. The second-order valence-corrected chi connectivity index (χ2v) is 4.93. The Morgan fingerprint density at radius 3 is 2.29 bits per heavy atom. The Morgan fingerprint density at radius 2 is 1.71 bits per heavy atom. The SMILES string of the molecule is CCCCCCCC(F)C1OC1N(CC)CC. The molecule has 0 amide bonds. The van der Waals surface area contributed by atoms with Crippen molar-refractivity contribution in [3.05, 3.63) is 0 Å². The van der Waals surface area contributed by atoms with E-state index < -0.39 is 6.17 Å². The number of nitrogens with zero attached hydrogens (tertiary/aromatic N) is 1. The van der Waals surface area contributed by atoms with Crippen molar-refractivity contribution in [1.29, 1.82) is 0 Å². The molecule has 3 atom stereocenters. The Labute approximate surface area is 106 Å². The average Bonchev–Trinajstić information content (AvgIpc) is 3.11. The summed E-state index contributed by atoms with van der Waals surface area (Å²) >= 11 is 0. The number of likely N-dealkylation sites (N-methyl/N-ethyl adjacent to an activating group) is 1. The largest absolute Gasteiger partial charge is 0.350 e. The Balaban J connectivity index is 2.07. The van der Waals surface area contributed by atoms with Crippen molar-refractivity contribution < 1.29 is 9.13 Å². The van der Waals surface area contributed by atoms with Crippen LogP contribution in [-0.2, 0) is 4.74 Å². The summed E-state index contributed by atoms with van der Waals surface area (Å²) in [5, 5.41) is 0. The van der Waals surface area contributed by atoms with Gasteiger partial charge in [0, 0.05) is 0 Å². The Hall–Kier alpha value is -0.150. The summed E-state index contributed by atoms with van der Waals surface area (Å²) in [6.45, 7) is 8.28. The lowest BCUT2D eigenvalue weighted by Gasteiger charge is -2.15. The molecule has 0 N–H and O–H groups in total. The summed E-state index contributed by atoms with van der Waals surface area (Å²) in [7, 11) is 0. The number of ether oxygens (including phenoxy) is 1. The van der Waals surface area contributed by atoms with Gasteiger partial charge in [0.2, 0.25) is 0 Å². The van der Waals surface area contributed by atoms with E-state index in [9.17, 15) is 4.39 Å². The fourth-order valence-electron chi connectivity index (χ4n) is 2.36. The zero-order valence-electron chi connectivity index (χ0n) is 11.6. The maximum Gasteiger partial charge on any atom is 0.140 e. The molecule has 0 aromatic carbocycles. The van der Waals surface area contributed by atoms with Crippen LogP contribution in [0.5, 0.6) is 0 Å². The number of alkyl halides is 1. The van der Waals surface area contributed by atoms with Crippen molar-refractivity contribution in [2.24, 2.45) is 0 Å². The van der Waals surface area contributed by atoms with E-state index in [-0.39, 0.29) is 12.3 Å². The van der Waals surface area contributed by atoms with E-state index in [1.807, 2.05) is 0 Å². The van der Waals surface area contributed by atoms with Crippen molar-refractivity contribution in [1.82, 2.24) is 4.90 Å². The van der Waals surface area contributed by atoms with Crippen molar-refractivity contribution in [2.45, 2.75) is 77.8 Å². The standard InChI is InChI=1S/C14H28FNO/c1-4-7-8-9-10-11-12(15)13-14(17-13)16(5-2)6-3/h12-14H,4-11H2,1-3H3. The van der Waals surface area contributed by atoms with Crippen LogP contribution >= 0.6 is 0 Å². The third-order valence-electron chi connectivity index (χ3n) is 3.61. The summed E-state index contributed by atoms with van der Waals surface area (Å²) in [4.78, 5) is 2.19. The van der Waals surface area contributed by atoms with Crippen molar-refractivity contribution in [2.75, 3.05) is 13.1 Å². The highest BCUT2D eigenvalue weighted by Gasteiger charge is 2.47. The molecule has 17 heavy (non-hydrogen) atoms. The van der Waals surface area contributed by atoms with Gasteiger partial charge in [-0.25, -0.2) is 4.39 Å². The van der Waals surface area contributed by atoms with Crippen LogP contribution in [0.4, 0.5) is 4.39 Å². The molecule has 2 nitrogen and oxygen atoms in total. The lowest BCUT2D eigenvalue weighted by atomic mass is 10.1. The second kappa shape index (κ2) is 8.04. The fourth-order valence-corrected chi connectivity index (χ4v) is 2.36. The van der Waals surface area contributed by atoms with Gasteiger partial charge in [0.05, 0.1) is 0 Å². The highest BCUT2D eigenvalue weighted by Crippen LogP contribution is 2.32. The quantitative estimate of drug-likeness (QED) is 0.430. The molecule has 3 unspecified atom stereocenters. The number of hydrogen-bond acceptors (Lipinski definition) is 2. The van der Waals surface area contributed by atoms with E-state index >= 15 is 0 Å². The fraction of sp³-hybridized carbons (Fsp3) is 1.00. The molecule has 0 aromatic heterocycles. The average molecular weight is 245 g/mol. The third kappa shape index (κ3) is 4.92. The number of rotatable bonds is 10. The molecule has 3 heteroatoms. The minimum atomic E-state index is -0.762. The Morgan fingerprint density at radius 1 is 1.06 bits per heavy atom. The van der Waals surface area contributed by atoms with Crippen molar-refractivity contribution >= 4 is 0 Å². The van der Waals surface area contributed by atoms with E-state index in [2.05, 4.69) is 25.7 Å². The first-order valence-corrected chi connectivity index (χ1v) is 7.28. The van der Waals surface area contributed by atoms with E-state index in [1.165, 1.54) is 19.3 Å². The van der Waals surface area contributed by atoms with E-state index in [1.54, 1.807) is 0 Å². The molecule has 0 saturated carbocycles. The monoisotopic (exact) mass is 245 g/mol. The minimum Gasteiger partial charge on any atom is -0.350 e. The Kier molecular flexibility index (Phi) is 7.05. The van der Waals surface area contributed by atoms with Gasteiger partial charge >= 0.3 is 0 Å². The molecule has 0 spiro atoms. The van der Waals surface area contributed by atoms with Gasteiger partial charge in [-0.2, -0.15) is 0 Å². The molecule has 1 fully saturated rings. The van der Waals surface area contributed by atoms with Crippen LogP contribution < -0.4 is 0 Å². The van der Waals surface area contributed by atoms with Crippen molar-refractivity contribution in [3.63, 3.8) is 0 Å². The molecule has 1 saturated heterocycles. The first-order chi connectivity index (χ1) is 8.24. The topological polar surface area (TPSA) is 15.8 Å². The summed E-state index contributed by atoms with van der Waals surface area (Å²) in [5.74, 6) is 0. The number of halogens is 1. The van der Waals surface area contributed by atoms with Gasteiger partial charge in [0.1, 0.15) is 18.5 Å². The zero-order valence-corrected chi connectivity index (χ0v) is 11.6. The van der Waals surface area contributed by atoms with Gasteiger partial charge in [-0.3, -0.25) is 4.90 Å². The summed E-state index contributed by atoms with van der Waals surface area (Å²) in [6.07, 6.45) is 5.75. The first kappa shape index (κ1) is 14.9. The normalized spacial score (nSPS) is 25.2. The summed E-state index contributed by atoms with van der Waals surface area (Å²) in [5.41, 5.74) is 0. The van der Waals surface area contributed by atoms with E-state index in [0.29, 0.717) is 6.42 Å². The summed E-state index contributed by atoms with van der Waals surface area (Å²) < 4.78 is 19.3. The first-order valence-electron chi connectivity index (χ1n) is 7.28. The van der Waals surface area contributed by atoms with Gasteiger partial charge in [0.25, 0.3) is 0 Å². The van der Waals surface area contributed by atoms with Crippen LogP contribution in [0, 0.1) is 0 Å². The summed E-state index contributed by atoms with van der Waals surface area (Å²) in [6, 6.07) is 0. The number of hydrogen-bond donors (Lipinski definition) is 0. The predicted octanol–water partition coefficient (Wildman–Crippen LogP) is 3.75. The lowest BCUT2D eigenvalue weighted by Crippen LogP contribution is -2.30. The maximum absolute atomic E-state index is 13.8. The van der Waals surface area contributed by atoms with E-state index in [4.69, 9.17) is 4.74 Å². The zero-order chi connectivity index (χ0) is 12.7. The van der Waals surface area contributed by atoms with Crippen molar-refractivity contribution in [3.8, 4) is 0 Å². The molecule has 1 aliphatic rings. The molecular weight excluding hydrogens is 217 g/mol. The highest BCUT2D eigenvalue weighted by atomic mass is 19.1. The second-order valence-electron chi connectivity index (χ2n) is 4.93. The minimum absolute atomic E-state index is 0.0515. The molecule has 0 aliphatic carbocycles. The smallest absolute Gasteiger partial charge is 0.140 e. The van der Waals surface area contributed by atoms with Gasteiger partial charge in [-0.05, 0) is 19.5 Å². The molecule has 0 aromatic rings. The van der Waals surface area contributed by atoms with Gasteiger partial charge < -0.3 is 4.74 Å². The molecule has 0 bridgehead atoms. The Bertz CT molecular complexity index is 197. The van der Waals surface area contributed by atoms with Crippen LogP contribution in [-0.4, -0.2) is 36.5 Å². The van der Waals surface area contributed by atoms with Crippen LogP contribution in [0.15, 0.2) is 0 Å². The van der Waals surface area contributed by atoms with Crippen LogP contribution in [0.25, 0.3) is 0 Å². The predicted molar refractivity (Wildman–Crippen MR) is 69.9 cm³/mol. The molecular formula is C14H28FNO. The number of unbranched alkanes of at least 4 members (excludes halogenated alkanes) is 4. The molecule has 1 rings (SSSR count). The molecule has 0 radical (unpaired) electrons.